The molecule has 0 bridgehead atoms. The predicted molar refractivity (Wildman–Crippen MR) is 87.4 cm³/mol. The molecule has 0 saturated carbocycles. The Hall–Kier alpha value is -2.61. The third-order valence-electron chi connectivity index (χ3n) is 3.14. The van der Waals surface area contributed by atoms with Crippen molar-refractivity contribution in [3.05, 3.63) is 35.9 Å². The van der Waals surface area contributed by atoms with Crippen LogP contribution in [-0.2, 0) is 16.1 Å². The van der Waals surface area contributed by atoms with E-state index in [1.165, 1.54) is 4.90 Å². The number of carboxylic acids is 1. The van der Waals surface area contributed by atoms with Crippen molar-refractivity contribution in [3.8, 4) is 0 Å². The minimum Gasteiger partial charge on any atom is -0.480 e. The lowest BCUT2D eigenvalue weighted by Gasteiger charge is -2.24. The molecule has 0 aliphatic rings. The van der Waals surface area contributed by atoms with Gasteiger partial charge in [-0.1, -0.05) is 30.3 Å². The molecule has 0 fully saturated rings. The van der Waals surface area contributed by atoms with Crippen LogP contribution in [0, 0.1) is 0 Å². The molecule has 0 aliphatic heterocycles. The van der Waals surface area contributed by atoms with Crippen LogP contribution in [-0.4, -0.2) is 47.0 Å². The average Bonchev–Trinajstić information content (AvgIpc) is 2.50. The second kappa shape index (κ2) is 9.42. The van der Waals surface area contributed by atoms with E-state index in [0.717, 1.165) is 5.56 Å². The Morgan fingerprint density at radius 1 is 1.22 bits per heavy atom. The van der Waals surface area contributed by atoms with Gasteiger partial charge < -0.3 is 27.2 Å². The minimum atomic E-state index is -1.08. The van der Waals surface area contributed by atoms with Gasteiger partial charge in [0.05, 0.1) is 6.04 Å². The Bertz CT molecular complexity index is 543. The molecular formula is C15H23N5O3. The zero-order valence-electron chi connectivity index (χ0n) is 12.9. The van der Waals surface area contributed by atoms with Crippen molar-refractivity contribution < 1.29 is 14.7 Å². The molecule has 0 aliphatic carbocycles. The first-order valence-electron chi connectivity index (χ1n) is 7.25. The molecule has 126 valence electrons. The van der Waals surface area contributed by atoms with Gasteiger partial charge in [0.1, 0.15) is 6.54 Å². The molecule has 1 aromatic carbocycles. The highest BCUT2D eigenvalue weighted by atomic mass is 16.4. The van der Waals surface area contributed by atoms with Gasteiger partial charge in [0.25, 0.3) is 0 Å². The zero-order valence-corrected chi connectivity index (χ0v) is 12.9. The summed E-state index contributed by atoms with van der Waals surface area (Å²) in [7, 11) is 0. The van der Waals surface area contributed by atoms with E-state index in [9.17, 15) is 9.59 Å². The van der Waals surface area contributed by atoms with Crippen molar-refractivity contribution in [1.82, 2.24) is 4.90 Å². The Morgan fingerprint density at radius 3 is 2.43 bits per heavy atom. The highest BCUT2D eigenvalue weighted by molar-refractivity contribution is 5.85. The van der Waals surface area contributed by atoms with Crippen LogP contribution in [0.5, 0.6) is 0 Å². The van der Waals surface area contributed by atoms with E-state index in [1.807, 2.05) is 30.3 Å². The number of amides is 1. The highest BCUT2D eigenvalue weighted by Gasteiger charge is 2.22. The van der Waals surface area contributed by atoms with Gasteiger partial charge in [-0.05, 0) is 18.4 Å². The number of guanidine groups is 1. The quantitative estimate of drug-likeness (QED) is 0.273. The summed E-state index contributed by atoms with van der Waals surface area (Å²) < 4.78 is 0. The summed E-state index contributed by atoms with van der Waals surface area (Å²) in [4.78, 5) is 28.4. The summed E-state index contributed by atoms with van der Waals surface area (Å²) >= 11 is 0. The third kappa shape index (κ3) is 7.28. The van der Waals surface area contributed by atoms with E-state index >= 15 is 0 Å². The lowest BCUT2D eigenvalue weighted by atomic mass is 10.1. The number of nitrogens with zero attached hydrogens (tertiary/aromatic N) is 2. The minimum absolute atomic E-state index is 0.0125. The Kier molecular flexibility index (Phi) is 7.55. The molecule has 1 atom stereocenters. The van der Waals surface area contributed by atoms with E-state index in [2.05, 4.69) is 4.99 Å². The van der Waals surface area contributed by atoms with Crippen LogP contribution in [0.4, 0.5) is 0 Å². The molecule has 7 N–H and O–H groups in total. The van der Waals surface area contributed by atoms with Crippen LogP contribution in [0.3, 0.4) is 0 Å². The van der Waals surface area contributed by atoms with Gasteiger partial charge in [0, 0.05) is 13.1 Å². The molecule has 8 heteroatoms. The first-order chi connectivity index (χ1) is 10.9. The van der Waals surface area contributed by atoms with Crippen LogP contribution < -0.4 is 17.2 Å². The molecule has 0 heterocycles. The lowest BCUT2D eigenvalue weighted by molar-refractivity contribution is -0.145. The van der Waals surface area contributed by atoms with E-state index in [4.69, 9.17) is 22.3 Å². The fourth-order valence-electron chi connectivity index (χ4n) is 2.06. The van der Waals surface area contributed by atoms with E-state index in [1.54, 1.807) is 0 Å². The van der Waals surface area contributed by atoms with Crippen LogP contribution in [0.25, 0.3) is 0 Å². The second-order valence-electron chi connectivity index (χ2n) is 5.13. The summed E-state index contributed by atoms with van der Waals surface area (Å²) in [6, 6.07) is 8.37. The van der Waals surface area contributed by atoms with Gasteiger partial charge >= 0.3 is 5.97 Å². The normalized spacial score (nSPS) is 11.5. The van der Waals surface area contributed by atoms with Gasteiger partial charge in [-0.3, -0.25) is 14.6 Å². The first-order valence-corrected chi connectivity index (χ1v) is 7.25. The molecule has 1 rings (SSSR count). The number of carbonyl (C=O) groups excluding carboxylic acids is 1. The Morgan fingerprint density at radius 2 is 1.87 bits per heavy atom. The standard InChI is InChI=1S/C15H23N5O3/c16-12(7-4-8-19-15(17)18)14(23)20(10-13(21)22)9-11-5-2-1-3-6-11/h1-3,5-6,12H,4,7-10,16H2,(H,21,22)(H4,17,18,19)/t12-/m0/s1. The molecule has 23 heavy (non-hydrogen) atoms. The molecular weight excluding hydrogens is 298 g/mol. The molecule has 0 radical (unpaired) electrons. The number of nitrogens with two attached hydrogens (primary N) is 3. The second-order valence-corrected chi connectivity index (χ2v) is 5.13. The molecule has 1 aromatic rings. The van der Waals surface area contributed by atoms with Gasteiger partial charge in [0.15, 0.2) is 5.96 Å². The van der Waals surface area contributed by atoms with E-state index < -0.39 is 24.5 Å². The largest absolute Gasteiger partial charge is 0.480 e. The summed E-state index contributed by atoms with van der Waals surface area (Å²) in [6.45, 7) is 0.184. The van der Waals surface area contributed by atoms with E-state index in [-0.39, 0.29) is 12.5 Å². The van der Waals surface area contributed by atoms with Crippen LogP contribution in [0.1, 0.15) is 18.4 Å². The van der Waals surface area contributed by atoms with Crippen molar-refractivity contribution in [2.75, 3.05) is 13.1 Å². The highest BCUT2D eigenvalue weighted by Crippen LogP contribution is 2.08. The number of aliphatic imine (C=N–C) groups is 1. The predicted octanol–water partition coefficient (Wildman–Crippen LogP) is -0.519. The fourth-order valence-corrected chi connectivity index (χ4v) is 2.06. The summed E-state index contributed by atoms with van der Waals surface area (Å²) in [6.07, 6.45) is 0.914. The van der Waals surface area contributed by atoms with Gasteiger partial charge in [-0.15, -0.1) is 0 Å². The fraction of sp³-hybridized carbons (Fsp3) is 0.400. The van der Waals surface area contributed by atoms with Crippen LogP contribution in [0.15, 0.2) is 35.3 Å². The number of hydrogen-bond acceptors (Lipinski definition) is 4. The number of benzene rings is 1. The topological polar surface area (TPSA) is 148 Å². The molecule has 0 saturated heterocycles. The Labute approximate surface area is 135 Å². The van der Waals surface area contributed by atoms with Gasteiger partial charge in [-0.2, -0.15) is 0 Å². The molecule has 1 amide bonds. The number of hydrogen-bond donors (Lipinski definition) is 4. The summed E-state index contributed by atoms with van der Waals surface area (Å²) in [5, 5.41) is 8.99. The summed E-state index contributed by atoms with van der Waals surface area (Å²) in [5.41, 5.74) is 17.1. The maximum atomic E-state index is 12.4. The van der Waals surface area contributed by atoms with Crippen molar-refractivity contribution in [2.24, 2.45) is 22.2 Å². The van der Waals surface area contributed by atoms with Crippen LogP contribution >= 0.6 is 0 Å². The molecule has 0 spiro atoms. The number of aliphatic carboxylic acids is 1. The van der Waals surface area contributed by atoms with E-state index in [0.29, 0.717) is 19.4 Å². The summed E-state index contributed by atoms with van der Waals surface area (Å²) in [5.74, 6) is -1.50. The maximum Gasteiger partial charge on any atom is 0.323 e. The number of carboxylic acid groups (broad SMARTS) is 1. The van der Waals surface area contributed by atoms with Gasteiger partial charge in [0.2, 0.25) is 5.91 Å². The van der Waals surface area contributed by atoms with Crippen molar-refractivity contribution >= 4 is 17.8 Å². The van der Waals surface area contributed by atoms with Crippen molar-refractivity contribution in [3.63, 3.8) is 0 Å². The number of rotatable bonds is 9. The average molecular weight is 321 g/mol. The SMILES string of the molecule is NC(N)=NCCC[C@H](N)C(=O)N(CC(=O)O)Cc1ccccc1. The molecule has 0 unspecified atom stereocenters. The van der Waals surface area contributed by atoms with Crippen LogP contribution in [0.2, 0.25) is 0 Å². The van der Waals surface area contributed by atoms with Crippen molar-refractivity contribution in [1.29, 1.82) is 0 Å². The lowest BCUT2D eigenvalue weighted by Crippen LogP contribution is -2.45. The maximum absolute atomic E-state index is 12.4. The third-order valence-corrected chi connectivity index (χ3v) is 3.14. The molecule has 0 aromatic heterocycles. The van der Waals surface area contributed by atoms with Gasteiger partial charge in [-0.25, -0.2) is 0 Å². The molecule has 8 nitrogen and oxygen atoms in total. The smallest absolute Gasteiger partial charge is 0.323 e. The number of carbonyl (C=O) groups is 2. The van der Waals surface area contributed by atoms with Crippen molar-refractivity contribution in [2.45, 2.75) is 25.4 Å². The monoisotopic (exact) mass is 321 g/mol. The zero-order chi connectivity index (χ0) is 17.2. The Balaban J connectivity index is 2.63. The first kappa shape index (κ1) is 18.4.